The monoisotopic (exact) mass is 243 g/mol. The number of aromatic nitrogens is 2. The van der Waals surface area contributed by atoms with E-state index in [1.54, 1.807) is 17.1 Å². The molecule has 1 aliphatic rings. The van der Waals surface area contributed by atoms with E-state index in [-0.39, 0.29) is 11.2 Å². The van der Waals surface area contributed by atoms with Crippen molar-refractivity contribution in [1.82, 2.24) is 9.78 Å². The Balaban J connectivity index is 2.11. The predicted molar refractivity (Wildman–Crippen MR) is 62.6 cm³/mol. The molecule has 0 amide bonds. The van der Waals surface area contributed by atoms with Crippen molar-refractivity contribution in [2.45, 2.75) is 25.8 Å². The smallest absolute Gasteiger partial charge is 0.148 e. The van der Waals surface area contributed by atoms with Crippen molar-refractivity contribution in [3.8, 4) is 0 Å². The third-order valence-electron chi connectivity index (χ3n) is 3.13. The molecular weight excluding hydrogens is 226 g/mol. The standard InChI is InChI=1S/C10H17N3O2S/c1-16(14,15)8-10(3-2-4-10)7-13-6-9(11)5-12-13/h5-6H,2-4,7-8,11H2,1H3. The van der Waals surface area contributed by atoms with Crippen LogP contribution in [0.15, 0.2) is 12.4 Å². The number of anilines is 1. The summed E-state index contributed by atoms with van der Waals surface area (Å²) in [5.41, 5.74) is 6.08. The highest BCUT2D eigenvalue weighted by Crippen LogP contribution is 2.43. The van der Waals surface area contributed by atoms with Gasteiger partial charge >= 0.3 is 0 Å². The van der Waals surface area contributed by atoms with E-state index in [0.717, 1.165) is 19.3 Å². The molecule has 1 aliphatic carbocycles. The lowest BCUT2D eigenvalue weighted by Crippen LogP contribution is -2.40. The van der Waals surface area contributed by atoms with Gasteiger partial charge in [0.25, 0.3) is 0 Å². The zero-order chi connectivity index (χ0) is 11.8. The molecule has 0 spiro atoms. The normalized spacial score (nSPS) is 19.3. The van der Waals surface area contributed by atoms with Crippen LogP contribution in [0.3, 0.4) is 0 Å². The van der Waals surface area contributed by atoms with Gasteiger partial charge in [0.2, 0.25) is 0 Å². The van der Waals surface area contributed by atoms with Crippen molar-refractivity contribution in [2.24, 2.45) is 5.41 Å². The number of nitrogen functional groups attached to an aromatic ring is 1. The molecule has 1 heterocycles. The van der Waals surface area contributed by atoms with Crippen molar-refractivity contribution >= 4 is 15.5 Å². The summed E-state index contributed by atoms with van der Waals surface area (Å²) in [6.45, 7) is 0.650. The molecule has 0 unspecified atom stereocenters. The molecule has 0 aromatic carbocycles. The lowest BCUT2D eigenvalue weighted by Gasteiger charge is -2.41. The van der Waals surface area contributed by atoms with Crippen LogP contribution in [0.5, 0.6) is 0 Å². The molecule has 6 heteroatoms. The van der Waals surface area contributed by atoms with Gasteiger partial charge in [0.15, 0.2) is 0 Å². The van der Waals surface area contributed by atoms with Crippen LogP contribution >= 0.6 is 0 Å². The van der Waals surface area contributed by atoms with E-state index < -0.39 is 9.84 Å². The van der Waals surface area contributed by atoms with Crippen LogP contribution < -0.4 is 5.73 Å². The summed E-state index contributed by atoms with van der Waals surface area (Å²) in [6, 6.07) is 0. The average Bonchev–Trinajstić information content (AvgIpc) is 2.45. The van der Waals surface area contributed by atoms with Gasteiger partial charge in [-0.2, -0.15) is 5.10 Å². The maximum Gasteiger partial charge on any atom is 0.148 e. The highest BCUT2D eigenvalue weighted by Gasteiger charge is 2.40. The zero-order valence-corrected chi connectivity index (χ0v) is 10.2. The maximum absolute atomic E-state index is 11.4. The van der Waals surface area contributed by atoms with Gasteiger partial charge in [-0.3, -0.25) is 4.68 Å². The van der Waals surface area contributed by atoms with Crippen LogP contribution in [0.4, 0.5) is 5.69 Å². The molecule has 2 rings (SSSR count). The Morgan fingerprint density at radius 3 is 2.62 bits per heavy atom. The first-order valence-corrected chi connectivity index (χ1v) is 7.40. The van der Waals surface area contributed by atoms with Crippen LogP contribution in [0, 0.1) is 5.41 Å². The first kappa shape index (κ1) is 11.4. The minimum atomic E-state index is -2.93. The summed E-state index contributed by atoms with van der Waals surface area (Å²) in [5.74, 6) is 0.250. The summed E-state index contributed by atoms with van der Waals surface area (Å²) in [6.07, 6.45) is 7.66. The largest absolute Gasteiger partial charge is 0.396 e. The fraction of sp³-hybridized carbons (Fsp3) is 0.700. The number of nitrogens with two attached hydrogens (primary N) is 1. The van der Waals surface area contributed by atoms with E-state index >= 15 is 0 Å². The first-order chi connectivity index (χ1) is 7.39. The Labute approximate surface area is 95.6 Å². The van der Waals surface area contributed by atoms with Crippen molar-refractivity contribution in [1.29, 1.82) is 0 Å². The number of hydrogen-bond acceptors (Lipinski definition) is 4. The maximum atomic E-state index is 11.4. The lowest BCUT2D eigenvalue weighted by molar-refractivity contribution is 0.130. The topological polar surface area (TPSA) is 78.0 Å². The third-order valence-corrected chi connectivity index (χ3v) is 4.27. The van der Waals surface area contributed by atoms with Crippen LogP contribution in [0.1, 0.15) is 19.3 Å². The SMILES string of the molecule is CS(=O)(=O)CC1(Cn2cc(N)cn2)CCC1. The van der Waals surface area contributed by atoms with Crippen molar-refractivity contribution in [2.75, 3.05) is 17.7 Å². The molecule has 90 valence electrons. The van der Waals surface area contributed by atoms with E-state index in [4.69, 9.17) is 5.73 Å². The van der Waals surface area contributed by atoms with Crippen LogP contribution in [-0.2, 0) is 16.4 Å². The second-order valence-electron chi connectivity index (χ2n) is 4.89. The molecular formula is C10H17N3O2S. The molecule has 1 saturated carbocycles. The number of hydrogen-bond donors (Lipinski definition) is 1. The molecule has 0 aliphatic heterocycles. The van der Waals surface area contributed by atoms with E-state index in [9.17, 15) is 8.42 Å². The van der Waals surface area contributed by atoms with Crippen molar-refractivity contribution < 1.29 is 8.42 Å². The Kier molecular flexibility index (Phi) is 2.69. The number of nitrogens with zero attached hydrogens (tertiary/aromatic N) is 2. The average molecular weight is 243 g/mol. The second kappa shape index (κ2) is 3.76. The van der Waals surface area contributed by atoms with Gasteiger partial charge < -0.3 is 5.73 Å². The Hall–Kier alpha value is -1.04. The lowest BCUT2D eigenvalue weighted by atomic mass is 9.70. The molecule has 0 radical (unpaired) electrons. The van der Waals surface area contributed by atoms with E-state index in [1.165, 1.54) is 6.26 Å². The van der Waals surface area contributed by atoms with Crippen LogP contribution in [-0.4, -0.2) is 30.2 Å². The molecule has 5 nitrogen and oxygen atoms in total. The van der Waals surface area contributed by atoms with Gasteiger partial charge in [-0.05, 0) is 12.8 Å². The Bertz CT molecular complexity index is 474. The molecule has 0 saturated heterocycles. The zero-order valence-electron chi connectivity index (χ0n) is 9.39. The third kappa shape index (κ3) is 2.55. The number of rotatable bonds is 4. The van der Waals surface area contributed by atoms with Crippen molar-refractivity contribution in [3.63, 3.8) is 0 Å². The van der Waals surface area contributed by atoms with Gasteiger partial charge in [0.05, 0.1) is 17.6 Å². The second-order valence-corrected chi connectivity index (χ2v) is 7.04. The number of sulfone groups is 1. The Morgan fingerprint density at radius 1 is 1.56 bits per heavy atom. The predicted octanol–water partition coefficient (Wildman–Crippen LogP) is 0.680. The molecule has 0 atom stereocenters. The minimum Gasteiger partial charge on any atom is -0.396 e. The van der Waals surface area contributed by atoms with Gasteiger partial charge in [-0.15, -0.1) is 0 Å². The molecule has 1 aromatic rings. The summed E-state index contributed by atoms with van der Waals surface area (Å²) >= 11 is 0. The van der Waals surface area contributed by atoms with Gasteiger partial charge in [0.1, 0.15) is 9.84 Å². The summed E-state index contributed by atoms with van der Waals surface area (Å²) in [4.78, 5) is 0. The highest BCUT2D eigenvalue weighted by atomic mass is 32.2. The van der Waals surface area contributed by atoms with Gasteiger partial charge in [0, 0.05) is 24.4 Å². The van der Waals surface area contributed by atoms with Crippen LogP contribution in [0.2, 0.25) is 0 Å². The molecule has 16 heavy (non-hydrogen) atoms. The molecule has 1 aromatic heterocycles. The summed E-state index contributed by atoms with van der Waals surface area (Å²) in [5, 5.41) is 4.11. The minimum absolute atomic E-state index is 0.119. The van der Waals surface area contributed by atoms with Gasteiger partial charge in [-0.25, -0.2) is 8.42 Å². The first-order valence-electron chi connectivity index (χ1n) is 5.34. The summed E-state index contributed by atoms with van der Waals surface area (Å²) in [7, 11) is -2.93. The fourth-order valence-corrected chi connectivity index (χ4v) is 3.88. The highest BCUT2D eigenvalue weighted by molar-refractivity contribution is 7.90. The van der Waals surface area contributed by atoms with E-state index in [2.05, 4.69) is 5.10 Å². The quantitative estimate of drug-likeness (QED) is 0.843. The molecule has 0 bridgehead atoms. The molecule has 1 fully saturated rings. The van der Waals surface area contributed by atoms with E-state index in [0.29, 0.717) is 12.2 Å². The van der Waals surface area contributed by atoms with Crippen molar-refractivity contribution in [3.05, 3.63) is 12.4 Å². The van der Waals surface area contributed by atoms with Crippen LogP contribution in [0.25, 0.3) is 0 Å². The Morgan fingerprint density at radius 2 is 2.25 bits per heavy atom. The fourth-order valence-electron chi connectivity index (χ4n) is 2.39. The molecule has 2 N–H and O–H groups in total. The van der Waals surface area contributed by atoms with Gasteiger partial charge in [-0.1, -0.05) is 6.42 Å². The summed E-state index contributed by atoms with van der Waals surface area (Å²) < 4.78 is 24.5. The van der Waals surface area contributed by atoms with E-state index in [1.807, 2.05) is 0 Å².